The van der Waals surface area contributed by atoms with Crippen LogP contribution in [0.2, 0.25) is 5.02 Å². The molecule has 0 atom stereocenters. The molecule has 0 spiro atoms. The van der Waals surface area contributed by atoms with Crippen molar-refractivity contribution < 1.29 is 9.53 Å². The molecule has 1 amide bonds. The summed E-state index contributed by atoms with van der Waals surface area (Å²) in [5.41, 5.74) is 2.64. The summed E-state index contributed by atoms with van der Waals surface area (Å²) >= 11 is 6.63. The lowest BCUT2D eigenvalue weighted by Gasteiger charge is -2.31. The van der Waals surface area contributed by atoms with Crippen molar-refractivity contribution in [2.75, 3.05) is 23.7 Å². The Kier molecular flexibility index (Phi) is 7.46. The van der Waals surface area contributed by atoms with Gasteiger partial charge in [0.05, 0.1) is 10.4 Å². The Morgan fingerprint density at radius 2 is 1.88 bits per heavy atom. The number of fused-ring (bicyclic) bond motifs is 1. The first kappa shape index (κ1) is 26.3. The van der Waals surface area contributed by atoms with Gasteiger partial charge in [-0.3, -0.25) is 4.79 Å². The van der Waals surface area contributed by atoms with Crippen molar-refractivity contribution in [2.45, 2.75) is 18.8 Å². The SMILES string of the molecule is C=CC(=O)N1CCC(c2c[nH]c3ncnc(Nc4ccc(Oc5ccnc(Nc6ccccn6)c5)c(Cl)c4)c23)CC1. The molecule has 5 heterocycles. The Labute approximate surface area is 241 Å². The van der Waals surface area contributed by atoms with Crippen LogP contribution >= 0.6 is 11.6 Å². The van der Waals surface area contributed by atoms with Crippen LogP contribution in [0.1, 0.15) is 24.3 Å². The minimum absolute atomic E-state index is 0.0251. The molecule has 6 rings (SSSR count). The molecule has 1 saturated heterocycles. The smallest absolute Gasteiger partial charge is 0.245 e. The summed E-state index contributed by atoms with van der Waals surface area (Å²) in [6.45, 7) is 4.98. The topological polar surface area (TPSA) is 121 Å². The fourth-order valence-corrected chi connectivity index (χ4v) is 5.20. The maximum Gasteiger partial charge on any atom is 0.245 e. The summed E-state index contributed by atoms with van der Waals surface area (Å²) in [5, 5.41) is 7.92. The highest BCUT2D eigenvalue weighted by atomic mass is 35.5. The van der Waals surface area contributed by atoms with Crippen molar-refractivity contribution in [3.8, 4) is 11.5 Å². The van der Waals surface area contributed by atoms with Gasteiger partial charge in [0.2, 0.25) is 5.91 Å². The van der Waals surface area contributed by atoms with Gasteiger partial charge < -0.3 is 25.3 Å². The number of H-pyrrole nitrogens is 1. The molecule has 11 heteroatoms. The number of anilines is 4. The van der Waals surface area contributed by atoms with E-state index in [0.717, 1.165) is 35.1 Å². The van der Waals surface area contributed by atoms with Crippen LogP contribution in [0.25, 0.3) is 11.0 Å². The summed E-state index contributed by atoms with van der Waals surface area (Å²) < 4.78 is 6.06. The predicted octanol–water partition coefficient (Wildman–Crippen LogP) is 6.57. The Morgan fingerprint density at radius 1 is 1.02 bits per heavy atom. The number of nitrogens with one attached hydrogen (secondary N) is 3. The molecule has 206 valence electrons. The third-order valence-electron chi connectivity index (χ3n) is 7.00. The quantitative estimate of drug-likeness (QED) is 0.180. The standard InChI is InChI=1S/C30H27ClN8O2/c1-2-27(40)39-13-9-19(10-14-39)22-17-34-29-28(22)30(36-18-35-29)37-20-6-7-24(23(31)15-20)41-21-8-12-33-26(16-21)38-25-5-3-4-11-32-25/h2-8,11-12,15-19H,1,9-10,13-14H2,(H,32,33,38)(H2,34,35,36,37). The van der Waals surface area contributed by atoms with Crippen LogP contribution in [-0.2, 0) is 4.79 Å². The van der Waals surface area contributed by atoms with Crippen LogP contribution in [0, 0.1) is 0 Å². The van der Waals surface area contributed by atoms with Gasteiger partial charge in [0.15, 0.2) is 0 Å². The number of aromatic amines is 1. The summed E-state index contributed by atoms with van der Waals surface area (Å²) in [5.74, 6) is 3.30. The maximum absolute atomic E-state index is 12.0. The molecule has 0 saturated carbocycles. The van der Waals surface area contributed by atoms with E-state index in [-0.39, 0.29) is 11.8 Å². The lowest BCUT2D eigenvalue weighted by Crippen LogP contribution is -2.36. The Bertz CT molecular complexity index is 1700. The molecule has 1 aliphatic heterocycles. The van der Waals surface area contributed by atoms with Crippen LogP contribution in [0.5, 0.6) is 11.5 Å². The van der Waals surface area contributed by atoms with E-state index in [1.807, 2.05) is 35.4 Å². The Hall–Kier alpha value is -4.96. The van der Waals surface area contributed by atoms with Gasteiger partial charge >= 0.3 is 0 Å². The first-order valence-electron chi connectivity index (χ1n) is 13.2. The molecule has 4 aromatic heterocycles. The number of carbonyl (C=O) groups excluding carboxylic acids is 1. The van der Waals surface area contributed by atoms with Crippen molar-refractivity contribution in [2.24, 2.45) is 0 Å². The van der Waals surface area contributed by atoms with Crippen LogP contribution < -0.4 is 15.4 Å². The number of likely N-dealkylation sites (tertiary alicyclic amines) is 1. The molecule has 1 aliphatic rings. The molecule has 1 fully saturated rings. The average molecular weight is 567 g/mol. The third kappa shape index (κ3) is 5.82. The minimum Gasteiger partial charge on any atom is -0.456 e. The minimum atomic E-state index is -0.0251. The zero-order chi connectivity index (χ0) is 28.2. The van der Waals surface area contributed by atoms with Crippen molar-refractivity contribution in [3.05, 3.63) is 96.7 Å². The molecular formula is C30H27ClN8O2. The normalized spacial score (nSPS) is 13.6. The predicted molar refractivity (Wildman–Crippen MR) is 159 cm³/mol. The Balaban J connectivity index is 1.18. The number of rotatable bonds is 8. The summed E-state index contributed by atoms with van der Waals surface area (Å²) in [6.07, 6.45) is 9.96. The summed E-state index contributed by atoms with van der Waals surface area (Å²) in [7, 11) is 0. The van der Waals surface area contributed by atoms with Gasteiger partial charge in [-0.05, 0) is 66.8 Å². The van der Waals surface area contributed by atoms with E-state index in [1.54, 1.807) is 36.7 Å². The number of carbonyl (C=O) groups is 1. The second-order valence-electron chi connectivity index (χ2n) is 9.58. The molecule has 10 nitrogen and oxygen atoms in total. The molecule has 0 radical (unpaired) electrons. The summed E-state index contributed by atoms with van der Waals surface area (Å²) in [6, 6.07) is 14.6. The number of ether oxygens (including phenoxy) is 1. The lowest BCUT2D eigenvalue weighted by atomic mass is 9.89. The summed E-state index contributed by atoms with van der Waals surface area (Å²) in [4.78, 5) is 34.7. The maximum atomic E-state index is 12.0. The zero-order valence-electron chi connectivity index (χ0n) is 22.0. The molecule has 0 unspecified atom stereocenters. The molecule has 0 bridgehead atoms. The average Bonchev–Trinajstić information content (AvgIpc) is 3.44. The zero-order valence-corrected chi connectivity index (χ0v) is 22.8. The highest BCUT2D eigenvalue weighted by molar-refractivity contribution is 6.32. The van der Waals surface area contributed by atoms with Gasteiger partial charge in [-0.1, -0.05) is 24.2 Å². The van der Waals surface area contributed by atoms with Crippen LogP contribution in [-0.4, -0.2) is 48.8 Å². The Morgan fingerprint density at radius 3 is 2.66 bits per heavy atom. The number of hydrogen-bond acceptors (Lipinski definition) is 8. The molecule has 1 aromatic carbocycles. The van der Waals surface area contributed by atoms with Crippen molar-refractivity contribution in [1.29, 1.82) is 0 Å². The number of amides is 1. The van der Waals surface area contributed by atoms with Crippen LogP contribution in [0.15, 0.2) is 86.1 Å². The van der Waals surface area contributed by atoms with Gasteiger partial charge in [-0.15, -0.1) is 0 Å². The third-order valence-corrected chi connectivity index (χ3v) is 7.29. The molecule has 0 aliphatic carbocycles. The van der Waals surface area contributed by atoms with E-state index < -0.39 is 0 Å². The van der Waals surface area contributed by atoms with Crippen molar-refractivity contribution in [1.82, 2.24) is 29.8 Å². The monoisotopic (exact) mass is 566 g/mol. The number of halogens is 1. The second-order valence-corrected chi connectivity index (χ2v) is 9.99. The van der Waals surface area contributed by atoms with Gasteiger partial charge in [-0.25, -0.2) is 19.9 Å². The fraction of sp³-hybridized carbons (Fsp3) is 0.167. The highest BCUT2D eigenvalue weighted by Gasteiger charge is 2.26. The van der Waals surface area contributed by atoms with Crippen molar-refractivity contribution in [3.63, 3.8) is 0 Å². The van der Waals surface area contributed by atoms with E-state index in [4.69, 9.17) is 16.3 Å². The first-order valence-corrected chi connectivity index (χ1v) is 13.6. The molecular weight excluding hydrogens is 540 g/mol. The second kappa shape index (κ2) is 11.6. The molecule has 3 N–H and O–H groups in total. The van der Waals surface area contributed by atoms with Crippen LogP contribution in [0.3, 0.4) is 0 Å². The molecule has 41 heavy (non-hydrogen) atoms. The van der Waals surface area contributed by atoms with E-state index in [2.05, 4.69) is 42.1 Å². The van der Waals surface area contributed by atoms with Gasteiger partial charge in [0.1, 0.15) is 40.9 Å². The van der Waals surface area contributed by atoms with Gasteiger partial charge in [-0.2, -0.15) is 0 Å². The highest BCUT2D eigenvalue weighted by Crippen LogP contribution is 2.38. The number of hydrogen-bond donors (Lipinski definition) is 3. The first-order chi connectivity index (χ1) is 20.1. The number of aromatic nitrogens is 5. The number of nitrogens with zero attached hydrogens (tertiary/aromatic N) is 5. The largest absolute Gasteiger partial charge is 0.456 e. The van der Waals surface area contributed by atoms with Gasteiger partial charge in [0, 0.05) is 43.4 Å². The van der Waals surface area contributed by atoms with Crippen molar-refractivity contribution >= 4 is 51.7 Å². The fourth-order valence-electron chi connectivity index (χ4n) is 4.98. The van der Waals surface area contributed by atoms with E-state index >= 15 is 0 Å². The van der Waals surface area contributed by atoms with E-state index in [9.17, 15) is 4.79 Å². The number of piperidine rings is 1. The van der Waals surface area contributed by atoms with Crippen LogP contribution in [0.4, 0.5) is 23.1 Å². The number of benzene rings is 1. The molecule has 5 aromatic rings. The lowest BCUT2D eigenvalue weighted by molar-refractivity contribution is -0.127. The number of pyridine rings is 2. The van der Waals surface area contributed by atoms with Gasteiger partial charge in [0.25, 0.3) is 0 Å². The van der Waals surface area contributed by atoms with E-state index in [0.29, 0.717) is 47.1 Å². The van der Waals surface area contributed by atoms with E-state index in [1.165, 1.54) is 12.4 Å².